The van der Waals surface area contributed by atoms with E-state index in [1.807, 2.05) is 0 Å². The molecule has 0 saturated carbocycles. The molecular weight excluding hydrogens is 497 g/mol. The van der Waals surface area contributed by atoms with Crippen molar-refractivity contribution in [2.24, 2.45) is 0 Å². The van der Waals surface area contributed by atoms with Gasteiger partial charge in [-0.05, 0) is 43.7 Å². The van der Waals surface area contributed by atoms with Gasteiger partial charge in [-0.25, -0.2) is 19.7 Å². The summed E-state index contributed by atoms with van der Waals surface area (Å²) < 4.78 is 53.2. The molecule has 0 aliphatic rings. The second-order valence-electron chi connectivity index (χ2n) is 7.92. The molecule has 0 amide bonds. The smallest absolute Gasteiger partial charge is 0.491 e. The van der Waals surface area contributed by atoms with E-state index in [0.29, 0.717) is 35.7 Å². The van der Waals surface area contributed by atoms with Gasteiger partial charge in [-0.1, -0.05) is 0 Å². The molecule has 37 heavy (non-hydrogen) atoms. The van der Waals surface area contributed by atoms with E-state index in [4.69, 9.17) is 15.2 Å². The van der Waals surface area contributed by atoms with Gasteiger partial charge in [-0.2, -0.15) is 13.2 Å². The number of aromatic amines is 1. The van der Waals surface area contributed by atoms with E-state index in [1.54, 1.807) is 39.2 Å². The van der Waals surface area contributed by atoms with E-state index >= 15 is 0 Å². The van der Waals surface area contributed by atoms with Crippen molar-refractivity contribution in [1.29, 1.82) is 0 Å². The van der Waals surface area contributed by atoms with Crippen molar-refractivity contribution in [2.75, 3.05) is 31.4 Å². The SMILES string of the molecule is COCCOc1ccc2nc(Nc3nc4c(C)cc(N)c(OC(=O)C(F)(F)F)c4c(=O)[nH]3)nc(C)c2c1. The number of benzene rings is 2. The molecule has 194 valence electrons. The van der Waals surface area contributed by atoms with Crippen LogP contribution in [0.15, 0.2) is 29.1 Å². The molecular formula is C23H21F3N6O5. The molecule has 0 radical (unpaired) electrons. The number of H-pyrrole nitrogens is 1. The summed E-state index contributed by atoms with van der Waals surface area (Å²) in [5.41, 5.74) is 6.07. The maximum Gasteiger partial charge on any atom is 0.491 e. The first-order valence-electron chi connectivity index (χ1n) is 10.8. The highest BCUT2D eigenvalue weighted by Crippen LogP contribution is 2.33. The van der Waals surface area contributed by atoms with Crippen molar-refractivity contribution in [3.63, 3.8) is 0 Å². The van der Waals surface area contributed by atoms with Gasteiger partial charge in [-0.15, -0.1) is 0 Å². The van der Waals surface area contributed by atoms with E-state index in [0.717, 1.165) is 5.39 Å². The molecule has 0 aliphatic carbocycles. The number of aryl methyl sites for hydroxylation is 2. The molecule has 11 nitrogen and oxygen atoms in total. The Morgan fingerprint density at radius 3 is 2.59 bits per heavy atom. The van der Waals surface area contributed by atoms with E-state index in [2.05, 4.69) is 30.0 Å². The number of nitrogens with zero attached hydrogens (tertiary/aromatic N) is 3. The molecule has 2 aromatic heterocycles. The van der Waals surface area contributed by atoms with Crippen LogP contribution in [0.4, 0.5) is 30.8 Å². The van der Waals surface area contributed by atoms with Crippen LogP contribution >= 0.6 is 0 Å². The van der Waals surface area contributed by atoms with E-state index in [-0.39, 0.29) is 23.1 Å². The van der Waals surface area contributed by atoms with Gasteiger partial charge >= 0.3 is 12.1 Å². The average Bonchev–Trinajstić information content (AvgIpc) is 2.81. The zero-order valence-corrected chi connectivity index (χ0v) is 19.8. The number of carbonyl (C=O) groups excluding carboxylic acids is 1. The fourth-order valence-corrected chi connectivity index (χ4v) is 3.56. The Bertz CT molecular complexity index is 1570. The van der Waals surface area contributed by atoms with Crippen molar-refractivity contribution < 1.29 is 32.2 Å². The minimum Gasteiger partial charge on any atom is -0.491 e. The Balaban J connectivity index is 1.70. The van der Waals surface area contributed by atoms with Gasteiger partial charge < -0.3 is 19.9 Å². The van der Waals surface area contributed by atoms with Crippen LogP contribution in [0, 0.1) is 13.8 Å². The number of nitrogens with one attached hydrogen (secondary N) is 2. The van der Waals surface area contributed by atoms with E-state index in [1.165, 1.54) is 6.07 Å². The number of fused-ring (bicyclic) bond motifs is 2. The lowest BCUT2D eigenvalue weighted by Gasteiger charge is -2.14. The fourth-order valence-electron chi connectivity index (χ4n) is 3.56. The molecule has 2 aromatic carbocycles. The monoisotopic (exact) mass is 518 g/mol. The van der Waals surface area contributed by atoms with Crippen LogP contribution in [0.3, 0.4) is 0 Å². The van der Waals surface area contributed by atoms with E-state index < -0.39 is 28.8 Å². The molecule has 4 N–H and O–H groups in total. The number of esters is 1. The van der Waals surface area contributed by atoms with Crippen molar-refractivity contribution in [3.8, 4) is 11.5 Å². The largest absolute Gasteiger partial charge is 0.491 e. The minimum atomic E-state index is -5.28. The molecule has 0 spiro atoms. The van der Waals surface area contributed by atoms with Gasteiger partial charge in [0.05, 0.1) is 29.0 Å². The molecule has 0 unspecified atom stereocenters. The third-order valence-corrected chi connectivity index (χ3v) is 5.22. The van der Waals surface area contributed by atoms with Crippen molar-refractivity contribution >= 4 is 45.4 Å². The van der Waals surface area contributed by atoms with Gasteiger partial charge in [-0.3, -0.25) is 15.1 Å². The number of hydrogen-bond acceptors (Lipinski definition) is 10. The highest BCUT2D eigenvalue weighted by atomic mass is 19.4. The van der Waals surface area contributed by atoms with Crippen LogP contribution in [0.25, 0.3) is 21.8 Å². The number of alkyl halides is 3. The maximum atomic E-state index is 12.8. The number of nitrogens with two attached hydrogens (primary N) is 1. The van der Waals surface area contributed by atoms with Gasteiger partial charge in [0.1, 0.15) is 17.7 Å². The van der Waals surface area contributed by atoms with Crippen LogP contribution < -0.4 is 26.1 Å². The number of anilines is 3. The highest BCUT2D eigenvalue weighted by Gasteiger charge is 2.42. The molecule has 4 rings (SSSR count). The number of hydrogen-bond donors (Lipinski definition) is 3. The summed E-state index contributed by atoms with van der Waals surface area (Å²) in [6, 6.07) is 6.52. The third-order valence-electron chi connectivity index (χ3n) is 5.22. The summed E-state index contributed by atoms with van der Waals surface area (Å²) in [4.78, 5) is 39.7. The Morgan fingerprint density at radius 1 is 1.14 bits per heavy atom. The Labute approximate surface area is 206 Å². The molecule has 0 saturated heterocycles. The number of methoxy groups -OCH3 is 1. The zero-order valence-electron chi connectivity index (χ0n) is 19.8. The van der Waals surface area contributed by atoms with Crippen molar-refractivity contribution in [3.05, 3.63) is 45.9 Å². The molecule has 0 fully saturated rings. The molecule has 0 bridgehead atoms. The number of halogens is 3. The zero-order chi connectivity index (χ0) is 26.9. The number of carbonyl (C=O) groups is 1. The summed E-state index contributed by atoms with van der Waals surface area (Å²) in [7, 11) is 1.58. The van der Waals surface area contributed by atoms with Crippen LogP contribution in [-0.2, 0) is 9.53 Å². The number of rotatable bonds is 7. The molecule has 4 aromatic rings. The normalized spacial score (nSPS) is 11.6. The van der Waals surface area contributed by atoms with Crippen LogP contribution in [0.2, 0.25) is 0 Å². The second-order valence-corrected chi connectivity index (χ2v) is 7.92. The number of ether oxygens (including phenoxy) is 3. The lowest BCUT2D eigenvalue weighted by molar-refractivity contribution is -0.189. The van der Waals surface area contributed by atoms with E-state index in [9.17, 15) is 22.8 Å². The lowest BCUT2D eigenvalue weighted by Crippen LogP contribution is -2.29. The van der Waals surface area contributed by atoms with Crippen LogP contribution in [-0.4, -0.2) is 52.4 Å². The summed E-state index contributed by atoms with van der Waals surface area (Å²) in [6.07, 6.45) is -5.28. The summed E-state index contributed by atoms with van der Waals surface area (Å²) in [5, 5.41) is 3.13. The van der Waals surface area contributed by atoms with Gasteiger partial charge in [0.15, 0.2) is 5.75 Å². The number of aromatic nitrogens is 4. The molecule has 14 heteroatoms. The Kier molecular flexibility index (Phi) is 6.85. The Hall–Kier alpha value is -4.46. The second kappa shape index (κ2) is 9.89. The highest BCUT2D eigenvalue weighted by molar-refractivity contribution is 5.95. The topological polar surface area (TPSA) is 154 Å². The molecule has 2 heterocycles. The van der Waals surface area contributed by atoms with Crippen LogP contribution in [0.5, 0.6) is 11.5 Å². The standard InChI is InChI=1S/C23H21F3N6O5/c1-10-8-14(27)18(37-20(34)23(24,25)26)16-17(10)30-22(31-19(16)33)32-21-28-11(2)13-9-12(36-7-6-35-3)4-5-15(13)29-21/h4-5,8-9H,6-7,27H2,1-3H3,(H2,28,29,30,31,32,33). The quantitative estimate of drug-likeness (QED) is 0.144. The lowest BCUT2D eigenvalue weighted by atomic mass is 10.1. The van der Waals surface area contributed by atoms with Crippen molar-refractivity contribution in [2.45, 2.75) is 20.0 Å². The predicted molar refractivity (Wildman–Crippen MR) is 128 cm³/mol. The summed E-state index contributed by atoms with van der Waals surface area (Å²) >= 11 is 0. The van der Waals surface area contributed by atoms with Gasteiger partial charge in [0.25, 0.3) is 5.56 Å². The Morgan fingerprint density at radius 2 is 1.89 bits per heavy atom. The third kappa shape index (κ3) is 5.38. The molecule has 0 atom stereocenters. The first kappa shape index (κ1) is 25.6. The first-order chi connectivity index (χ1) is 17.5. The first-order valence-corrected chi connectivity index (χ1v) is 10.8. The summed E-state index contributed by atoms with van der Waals surface area (Å²) in [6.45, 7) is 4.13. The van der Waals surface area contributed by atoms with Gasteiger partial charge in [0.2, 0.25) is 11.9 Å². The molecule has 0 aliphatic heterocycles. The maximum absolute atomic E-state index is 12.8. The minimum absolute atomic E-state index is 0.0271. The fraction of sp³-hybridized carbons (Fsp3) is 0.261. The summed E-state index contributed by atoms with van der Waals surface area (Å²) in [5.74, 6) is -2.61. The predicted octanol–water partition coefficient (Wildman–Crippen LogP) is 3.30. The van der Waals surface area contributed by atoms with Crippen molar-refractivity contribution in [1.82, 2.24) is 19.9 Å². The average molecular weight is 518 g/mol. The van der Waals surface area contributed by atoms with Gasteiger partial charge in [0, 0.05) is 12.5 Å². The van der Waals surface area contributed by atoms with Crippen LogP contribution in [0.1, 0.15) is 11.3 Å². The number of nitrogen functional groups attached to an aromatic ring is 1.